The van der Waals surface area contributed by atoms with Gasteiger partial charge >= 0.3 is 0 Å². The number of carbonyl (C=O) groups is 1. The second-order valence-electron chi connectivity index (χ2n) is 5.95. The summed E-state index contributed by atoms with van der Waals surface area (Å²) in [6.07, 6.45) is 6.37. The van der Waals surface area contributed by atoms with E-state index in [-0.39, 0.29) is 11.3 Å². The van der Waals surface area contributed by atoms with Crippen LogP contribution in [0.1, 0.15) is 44.1 Å². The number of aryl methyl sites for hydroxylation is 1. The monoisotopic (exact) mass is 338 g/mol. The Hall–Kier alpha value is -0.870. The largest absolute Gasteiger partial charge is 0.330 e. The van der Waals surface area contributed by atoms with Gasteiger partial charge in [0.1, 0.15) is 0 Å². The van der Waals surface area contributed by atoms with Gasteiger partial charge in [0.05, 0.1) is 0 Å². The fourth-order valence-electron chi connectivity index (χ4n) is 3.06. The first-order valence-corrected chi connectivity index (χ1v) is 8.10. The lowest BCUT2D eigenvalue weighted by Gasteiger charge is -2.35. The van der Waals surface area contributed by atoms with Crippen LogP contribution in [0, 0.1) is 12.3 Å². The van der Waals surface area contributed by atoms with Crippen molar-refractivity contribution in [2.24, 2.45) is 11.1 Å². The normalized spacial score (nSPS) is 17.8. The summed E-state index contributed by atoms with van der Waals surface area (Å²) in [5, 5.41) is 3.03. The fourth-order valence-corrected chi connectivity index (χ4v) is 3.53. The third-order valence-corrected chi connectivity index (χ3v) is 4.84. The molecule has 0 saturated heterocycles. The van der Waals surface area contributed by atoms with Crippen molar-refractivity contribution in [2.75, 3.05) is 11.9 Å². The van der Waals surface area contributed by atoms with Gasteiger partial charge in [-0.1, -0.05) is 35.2 Å². The maximum absolute atomic E-state index is 12.3. The number of carbonyl (C=O) groups excluding carboxylic acids is 1. The summed E-state index contributed by atoms with van der Waals surface area (Å²) in [5.41, 5.74) is 7.92. The van der Waals surface area contributed by atoms with E-state index in [4.69, 9.17) is 5.73 Å². The van der Waals surface area contributed by atoms with E-state index in [1.165, 1.54) is 19.3 Å². The van der Waals surface area contributed by atoms with E-state index < -0.39 is 0 Å². The molecule has 1 aromatic carbocycles. The van der Waals surface area contributed by atoms with Crippen LogP contribution < -0.4 is 11.1 Å². The Morgan fingerprint density at radius 2 is 2.05 bits per heavy atom. The quantitative estimate of drug-likeness (QED) is 0.871. The zero-order valence-electron chi connectivity index (χ0n) is 12.0. The fraction of sp³-hybridized carbons (Fsp3) is 0.562. The molecule has 1 fully saturated rings. The molecule has 0 radical (unpaired) electrons. The van der Waals surface area contributed by atoms with Crippen LogP contribution in [0.25, 0.3) is 0 Å². The Balaban J connectivity index is 2.00. The molecule has 2 rings (SSSR count). The molecule has 3 nitrogen and oxygen atoms in total. The lowest BCUT2D eigenvalue weighted by molar-refractivity contribution is -0.118. The van der Waals surface area contributed by atoms with Crippen LogP contribution in [0.3, 0.4) is 0 Å². The number of nitrogens with one attached hydrogen (secondary N) is 1. The highest BCUT2D eigenvalue weighted by Crippen LogP contribution is 2.38. The van der Waals surface area contributed by atoms with Gasteiger partial charge in [-0.15, -0.1) is 0 Å². The molecule has 3 N–H and O–H groups in total. The molecule has 110 valence electrons. The summed E-state index contributed by atoms with van der Waals surface area (Å²) in [5.74, 6) is 0.0859. The lowest BCUT2D eigenvalue weighted by Crippen LogP contribution is -2.36. The molecule has 1 saturated carbocycles. The third-order valence-electron chi connectivity index (χ3n) is 4.35. The Morgan fingerprint density at radius 1 is 1.35 bits per heavy atom. The van der Waals surface area contributed by atoms with Crippen molar-refractivity contribution in [3.63, 3.8) is 0 Å². The van der Waals surface area contributed by atoms with Crippen molar-refractivity contribution in [3.05, 3.63) is 28.2 Å². The number of hydrogen-bond donors (Lipinski definition) is 2. The molecule has 4 heteroatoms. The first-order chi connectivity index (χ1) is 9.54. The number of hydrogen-bond acceptors (Lipinski definition) is 2. The highest BCUT2D eigenvalue weighted by atomic mass is 79.9. The number of amides is 1. The number of rotatable bonds is 4. The lowest BCUT2D eigenvalue weighted by atomic mass is 9.71. The molecule has 0 spiro atoms. The van der Waals surface area contributed by atoms with Crippen LogP contribution in [0.4, 0.5) is 5.69 Å². The minimum absolute atomic E-state index is 0.0194. The number of halogens is 1. The van der Waals surface area contributed by atoms with Gasteiger partial charge < -0.3 is 11.1 Å². The molecule has 20 heavy (non-hydrogen) atoms. The van der Waals surface area contributed by atoms with Crippen molar-refractivity contribution in [1.82, 2.24) is 0 Å². The van der Waals surface area contributed by atoms with Gasteiger partial charge in [0.25, 0.3) is 0 Å². The average molecular weight is 339 g/mol. The Bertz CT molecular complexity index is 481. The van der Waals surface area contributed by atoms with Crippen LogP contribution >= 0.6 is 15.9 Å². The zero-order valence-corrected chi connectivity index (χ0v) is 13.6. The molecule has 0 aromatic heterocycles. The van der Waals surface area contributed by atoms with Gasteiger partial charge in [-0.2, -0.15) is 0 Å². The Labute approximate surface area is 129 Å². The molecule has 1 amide bonds. The second kappa shape index (κ2) is 6.72. The SMILES string of the molecule is Cc1cc(Br)ccc1NC(=O)CC1(CN)CCCCC1. The first kappa shape index (κ1) is 15.5. The standard InChI is InChI=1S/C16H23BrN2O/c1-12-9-13(17)5-6-14(12)19-15(20)10-16(11-18)7-3-2-4-8-16/h5-6,9H,2-4,7-8,10-11,18H2,1H3,(H,19,20). The van der Waals surface area contributed by atoms with Gasteiger partial charge in [0, 0.05) is 16.6 Å². The van der Waals surface area contributed by atoms with E-state index in [2.05, 4.69) is 21.2 Å². The molecule has 0 unspecified atom stereocenters. The van der Waals surface area contributed by atoms with Gasteiger partial charge in [-0.05, 0) is 55.5 Å². The molecule has 1 aromatic rings. The van der Waals surface area contributed by atoms with E-state index in [0.29, 0.717) is 13.0 Å². The molecular formula is C16H23BrN2O. The van der Waals surface area contributed by atoms with Gasteiger partial charge in [-0.3, -0.25) is 4.79 Å². The van der Waals surface area contributed by atoms with Crippen LogP contribution in [0.15, 0.2) is 22.7 Å². The Morgan fingerprint density at radius 3 is 2.65 bits per heavy atom. The van der Waals surface area contributed by atoms with E-state index >= 15 is 0 Å². The smallest absolute Gasteiger partial charge is 0.224 e. The van der Waals surface area contributed by atoms with Gasteiger partial charge in [0.2, 0.25) is 5.91 Å². The molecule has 0 atom stereocenters. The number of benzene rings is 1. The summed E-state index contributed by atoms with van der Waals surface area (Å²) in [4.78, 5) is 12.3. The van der Waals surface area contributed by atoms with E-state index in [1.54, 1.807) is 0 Å². The third kappa shape index (κ3) is 3.83. The summed E-state index contributed by atoms with van der Waals surface area (Å²) in [6.45, 7) is 2.61. The van der Waals surface area contributed by atoms with Crippen molar-refractivity contribution >= 4 is 27.5 Å². The summed E-state index contributed by atoms with van der Waals surface area (Å²) in [7, 11) is 0. The predicted octanol–water partition coefficient (Wildman–Crippen LogP) is 4.00. The number of anilines is 1. The zero-order chi connectivity index (χ0) is 14.6. The maximum atomic E-state index is 12.3. The van der Waals surface area contributed by atoms with Crippen LogP contribution in [-0.2, 0) is 4.79 Å². The summed E-state index contributed by atoms with van der Waals surface area (Å²) in [6, 6.07) is 5.89. The second-order valence-corrected chi connectivity index (χ2v) is 6.86. The molecule has 0 bridgehead atoms. The summed E-state index contributed by atoms with van der Waals surface area (Å²) >= 11 is 3.43. The van der Waals surface area contributed by atoms with Crippen LogP contribution in [-0.4, -0.2) is 12.5 Å². The highest BCUT2D eigenvalue weighted by molar-refractivity contribution is 9.10. The highest BCUT2D eigenvalue weighted by Gasteiger charge is 2.32. The molecule has 1 aliphatic carbocycles. The minimum Gasteiger partial charge on any atom is -0.330 e. The van der Waals surface area contributed by atoms with E-state index in [1.807, 2.05) is 25.1 Å². The van der Waals surface area contributed by atoms with Crippen molar-refractivity contribution < 1.29 is 4.79 Å². The average Bonchev–Trinajstić information content (AvgIpc) is 2.43. The number of nitrogens with two attached hydrogens (primary N) is 1. The van der Waals surface area contributed by atoms with Crippen molar-refractivity contribution in [1.29, 1.82) is 0 Å². The predicted molar refractivity (Wildman–Crippen MR) is 86.7 cm³/mol. The molecule has 0 aliphatic heterocycles. The van der Waals surface area contributed by atoms with Gasteiger partial charge in [0.15, 0.2) is 0 Å². The minimum atomic E-state index is 0.0194. The summed E-state index contributed by atoms with van der Waals surface area (Å²) < 4.78 is 1.03. The Kier molecular flexibility index (Phi) is 5.22. The van der Waals surface area contributed by atoms with E-state index in [9.17, 15) is 4.79 Å². The van der Waals surface area contributed by atoms with Crippen molar-refractivity contribution in [3.8, 4) is 0 Å². The van der Waals surface area contributed by atoms with Crippen molar-refractivity contribution in [2.45, 2.75) is 45.4 Å². The van der Waals surface area contributed by atoms with Crippen LogP contribution in [0.2, 0.25) is 0 Å². The molecule has 1 aliphatic rings. The molecular weight excluding hydrogens is 316 g/mol. The first-order valence-electron chi connectivity index (χ1n) is 7.31. The van der Waals surface area contributed by atoms with Gasteiger partial charge in [-0.25, -0.2) is 0 Å². The van der Waals surface area contributed by atoms with E-state index in [0.717, 1.165) is 28.6 Å². The topological polar surface area (TPSA) is 55.1 Å². The maximum Gasteiger partial charge on any atom is 0.224 e. The molecule has 0 heterocycles. The van der Waals surface area contributed by atoms with Crippen LogP contribution in [0.5, 0.6) is 0 Å².